The number of nitrogens with one attached hydrogen (secondary N) is 1. The van der Waals surface area contributed by atoms with Crippen molar-refractivity contribution in [2.45, 2.75) is 19.5 Å². The number of benzene rings is 1. The van der Waals surface area contributed by atoms with E-state index in [0.717, 1.165) is 28.8 Å². The molecule has 136 valence electrons. The molecule has 5 nitrogen and oxygen atoms in total. The molecule has 0 spiro atoms. The molecule has 0 aliphatic carbocycles. The Morgan fingerprint density at radius 1 is 1.23 bits per heavy atom. The van der Waals surface area contributed by atoms with Gasteiger partial charge in [0.25, 0.3) is 5.91 Å². The van der Waals surface area contributed by atoms with Crippen LogP contribution in [-0.2, 0) is 19.6 Å². The van der Waals surface area contributed by atoms with E-state index < -0.39 is 11.7 Å². The Kier molecular flexibility index (Phi) is 4.67. The van der Waals surface area contributed by atoms with Crippen LogP contribution in [0.25, 0.3) is 11.0 Å². The number of rotatable bonds is 4. The van der Waals surface area contributed by atoms with E-state index in [1.165, 1.54) is 18.3 Å². The lowest BCUT2D eigenvalue weighted by molar-refractivity contribution is -0.137. The fourth-order valence-electron chi connectivity index (χ4n) is 2.71. The molecule has 0 atom stereocenters. The quantitative estimate of drug-likeness (QED) is 0.775. The van der Waals surface area contributed by atoms with Crippen molar-refractivity contribution in [1.82, 2.24) is 20.1 Å². The van der Waals surface area contributed by atoms with Crippen molar-refractivity contribution in [3.8, 4) is 0 Å². The van der Waals surface area contributed by atoms with E-state index in [9.17, 15) is 18.0 Å². The molecule has 0 saturated heterocycles. The summed E-state index contributed by atoms with van der Waals surface area (Å²) in [5.41, 5.74) is 1.94. The third-order valence-electron chi connectivity index (χ3n) is 4.11. The van der Waals surface area contributed by atoms with Crippen LogP contribution in [-0.4, -0.2) is 27.2 Å². The zero-order valence-electron chi connectivity index (χ0n) is 14.3. The number of carbonyl (C=O) groups excluding carboxylic acids is 1. The van der Waals surface area contributed by atoms with Crippen molar-refractivity contribution >= 4 is 16.9 Å². The topological polar surface area (TPSA) is 59.8 Å². The van der Waals surface area contributed by atoms with Crippen LogP contribution in [0.2, 0.25) is 0 Å². The summed E-state index contributed by atoms with van der Waals surface area (Å²) in [6.45, 7) is 2.16. The molecule has 0 aliphatic rings. The van der Waals surface area contributed by atoms with Gasteiger partial charge in [-0.1, -0.05) is 12.1 Å². The van der Waals surface area contributed by atoms with Gasteiger partial charge in [0, 0.05) is 25.2 Å². The number of aryl methyl sites for hydroxylation is 2. The number of carbonyl (C=O) groups is 1. The number of amides is 1. The van der Waals surface area contributed by atoms with Crippen molar-refractivity contribution in [2.24, 2.45) is 7.05 Å². The average molecular weight is 362 g/mol. The molecule has 26 heavy (non-hydrogen) atoms. The zero-order chi connectivity index (χ0) is 18.9. The number of pyridine rings is 1. The van der Waals surface area contributed by atoms with Crippen molar-refractivity contribution in [3.05, 3.63) is 58.9 Å². The molecule has 3 rings (SSSR count). The summed E-state index contributed by atoms with van der Waals surface area (Å²) in [5, 5.41) is 7.82. The highest BCUT2D eigenvalue weighted by molar-refractivity contribution is 5.97. The van der Waals surface area contributed by atoms with Crippen LogP contribution in [0.1, 0.15) is 27.2 Å². The maximum absolute atomic E-state index is 12.5. The average Bonchev–Trinajstić information content (AvgIpc) is 2.88. The molecule has 1 aromatic carbocycles. The lowest BCUT2D eigenvalue weighted by Gasteiger charge is -2.08. The second kappa shape index (κ2) is 6.78. The van der Waals surface area contributed by atoms with Gasteiger partial charge < -0.3 is 5.32 Å². The van der Waals surface area contributed by atoms with E-state index in [4.69, 9.17) is 0 Å². The number of hydrogen-bond donors (Lipinski definition) is 1. The molecule has 0 saturated carbocycles. The van der Waals surface area contributed by atoms with E-state index in [-0.39, 0.29) is 5.91 Å². The number of hydrogen-bond acceptors (Lipinski definition) is 3. The van der Waals surface area contributed by atoms with Crippen LogP contribution in [0.5, 0.6) is 0 Å². The molecule has 0 unspecified atom stereocenters. The van der Waals surface area contributed by atoms with Crippen molar-refractivity contribution in [2.75, 3.05) is 6.54 Å². The van der Waals surface area contributed by atoms with E-state index in [2.05, 4.69) is 15.4 Å². The standard InChI is InChI=1S/C18H17F3N4O/c1-11-15-9-13(10-23-16(15)25(2)24-11)17(26)22-8-7-12-3-5-14(6-4-12)18(19,20)21/h3-6,9-10H,7-8H2,1-2H3,(H,22,26). The van der Waals surface area contributed by atoms with Gasteiger partial charge in [-0.2, -0.15) is 18.3 Å². The maximum atomic E-state index is 12.5. The Labute approximate surface area is 147 Å². The monoisotopic (exact) mass is 362 g/mol. The minimum atomic E-state index is -4.34. The van der Waals surface area contributed by atoms with Gasteiger partial charge in [-0.15, -0.1) is 0 Å². The number of halogens is 3. The lowest BCUT2D eigenvalue weighted by atomic mass is 10.1. The summed E-state index contributed by atoms with van der Waals surface area (Å²) in [7, 11) is 1.78. The molecule has 0 fully saturated rings. The molecule has 8 heteroatoms. The Morgan fingerprint density at radius 2 is 1.92 bits per heavy atom. The summed E-state index contributed by atoms with van der Waals surface area (Å²) in [6.07, 6.45) is -2.43. The largest absolute Gasteiger partial charge is 0.416 e. The van der Waals surface area contributed by atoms with Crippen LogP contribution < -0.4 is 5.32 Å². The fourth-order valence-corrected chi connectivity index (χ4v) is 2.71. The van der Waals surface area contributed by atoms with Gasteiger partial charge >= 0.3 is 6.18 Å². The highest BCUT2D eigenvalue weighted by Gasteiger charge is 2.29. The summed E-state index contributed by atoms with van der Waals surface area (Å²) in [5.74, 6) is -0.283. The number of alkyl halides is 3. The molecule has 1 N–H and O–H groups in total. The molecule has 0 aliphatic heterocycles. The van der Waals surface area contributed by atoms with Crippen LogP contribution in [0.4, 0.5) is 13.2 Å². The summed E-state index contributed by atoms with van der Waals surface area (Å²) in [6, 6.07) is 6.65. The van der Waals surface area contributed by atoms with Gasteiger partial charge in [-0.05, 0) is 37.1 Å². The third kappa shape index (κ3) is 3.68. The highest BCUT2D eigenvalue weighted by atomic mass is 19.4. The van der Waals surface area contributed by atoms with E-state index in [0.29, 0.717) is 24.2 Å². The molecule has 3 aromatic rings. The molecule has 0 radical (unpaired) electrons. The Morgan fingerprint density at radius 3 is 2.58 bits per heavy atom. The van der Waals surface area contributed by atoms with E-state index in [1.807, 2.05) is 6.92 Å². The first-order chi connectivity index (χ1) is 12.3. The van der Waals surface area contributed by atoms with Crippen LogP contribution in [0, 0.1) is 6.92 Å². The minimum absolute atomic E-state index is 0.283. The Balaban J connectivity index is 1.61. The van der Waals surface area contributed by atoms with Gasteiger partial charge in [0.15, 0.2) is 5.65 Å². The van der Waals surface area contributed by atoms with Crippen LogP contribution in [0.15, 0.2) is 36.5 Å². The molecule has 0 bridgehead atoms. The second-order valence-corrected chi connectivity index (χ2v) is 6.00. The van der Waals surface area contributed by atoms with Crippen molar-refractivity contribution in [3.63, 3.8) is 0 Å². The van der Waals surface area contributed by atoms with Crippen molar-refractivity contribution in [1.29, 1.82) is 0 Å². The highest BCUT2D eigenvalue weighted by Crippen LogP contribution is 2.29. The third-order valence-corrected chi connectivity index (χ3v) is 4.11. The molecule has 1 amide bonds. The molecule has 2 aromatic heterocycles. The second-order valence-electron chi connectivity index (χ2n) is 6.00. The van der Waals surface area contributed by atoms with Crippen molar-refractivity contribution < 1.29 is 18.0 Å². The minimum Gasteiger partial charge on any atom is -0.352 e. The fraction of sp³-hybridized carbons (Fsp3) is 0.278. The van der Waals surface area contributed by atoms with E-state index >= 15 is 0 Å². The summed E-state index contributed by atoms with van der Waals surface area (Å²) in [4.78, 5) is 16.5. The number of aromatic nitrogens is 3. The summed E-state index contributed by atoms with van der Waals surface area (Å²) < 4.78 is 39.3. The van der Waals surface area contributed by atoms with Gasteiger partial charge in [0.2, 0.25) is 0 Å². The van der Waals surface area contributed by atoms with Gasteiger partial charge in [0.05, 0.1) is 16.8 Å². The maximum Gasteiger partial charge on any atom is 0.416 e. The first-order valence-electron chi connectivity index (χ1n) is 7.99. The van der Waals surface area contributed by atoms with Gasteiger partial charge in [0.1, 0.15) is 0 Å². The summed E-state index contributed by atoms with van der Waals surface area (Å²) >= 11 is 0. The molecular formula is C18H17F3N4O. The van der Waals surface area contributed by atoms with Crippen LogP contribution >= 0.6 is 0 Å². The van der Waals surface area contributed by atoms with Gasteiger partial charge in [-0.25, -0.2) is 4.98 Å². The molecule has 2 heterocycles. The first kappa shape index (κ1) is 17.9. The van der Waals surface area contributed by atoms with Gasteiger partial charge in [-0.3, -0.25) is 9.48 Å². The first-order valence-corrected chi connectivity index (χ1v) is 7.99. The van der Waals surface area contributed by atoms with E-state index in [1.54, 1.807) is 17.8 Å². The predicted octanol–water partition coefficient (Wildman–Crippen LogP) is 3.27. The zero-order valence-corrected chi connectivity index (χ0v) is 14.3. The Bertz CT molecular complexity index is 945. The molecular weight excluding hydrogens is 345 g/mol. The normalized spacial score (nSPS) is 11.7. The smallest absolute Gasteiger partial charge is 0.352 e. The lowest BCUT2D eigenvalue weighted by Crippen LogP contribution is -2.25. The number of nitrogens with zero attached hydrogens (tertiary/aromatic N) is 3. The predicted molar refractivity (Wildman–Crippen MR) is 90.7 cm³/mol. The SMILES string of the molecule is Cc1nn(C)c2ncc(C(=O)NCCc3ccc(C(F)(F)F)cc3)cc12. The van der Waals surface area contributed by atoms with Crippen LogP contribution in [0.3, 0.4) is 0 Å². The number of fused-ring (bicyclic) bond motifs is 1. The Hall–Kier alpha value is -2.90.